The van der Waals surface area contributed by atoms with Crippen molar-refractivity contribution in [3.63, 3.8) is 0 Å². The number of anilines is 2. The van der Waals surface area contributed by atoms with Gasteiger partial charge in [-0.05, 0) is 77.6 Å². The quantitative estimate of drug-likeness (QED) is 0.173. The van der Waals surface area contributed by atoms with E-state index in [-0.39, 0.29) is 24.3 Å². The number of tetrazole rings is 1. The third-order valence-electron chi connectivity index (χ3n) is 7.59. The normalized spacial score (nSPS) is 13.5. The van der Waals surface area contributed by atoms with Gasteiger partial charge in [-0.25, -0.2) is 0 Å². The maximum Gasteiger partial charge on any atom is 0.273 e. The smallest absolute Gasteiger partial charge is 0.273 e. The molecule has 1 aliphatic carbocycles. The fraction of sp³-hybridized carbons (Fsp3) is 0.226. The van der Waals surface area contributed by atoms with E-state index in [9.17, 15) is 9.59 Å². The maximum atomic E-state index is 13.6. The van der Waals surface area contributed by atoms with Crippen LogP contribution in [0, 0.1) is 0 Å². The molecule has 3 aromatic carbocycles. The fourth-order valence-electron chi connectivity index (χ4n) is 5.31. The highest BCUT2D eigenvalue weighted by Gasteiger charge is 2.19. The Hall–Kier alpha value is -4.54. The van der Waals surface area contributed by atoms with E-state index in [0.29, 0.717) is 38.6 Å². The van der Waals surface area contributed by atoms with Crippen molar-refractivity contribution in [2.75, 3.05) is 10.6 Å². The Morgan fingerprint density at radius 2 is 1.63 bits per heavy atom. The first-order valence-electron chi connectivity index (χ1n) is 14.0. The minimum atomic E-state index is -0.372. The first kappa shape index (κ1) is 28.6. The van der Waals surface area contributed by atoms with Crippen molar-refractivity contribution in [2.45, 2.75) is 44.6 Å². The number of halogens is 2. The number of carbonyl (C=O) groups excluding carboxylic acids is 2. The van der Waals surface area contributed by atoms with Crippen LogP contribution in [-0.2, 0) is 6.54 Å². The number of rotatable bonds is 8. The molecule has 1 aliphatic rings. The molecule has 2 amide bonds. The number of H-pyrrole nitrogens is 1. The van der Waals surface area contributed by atoms with Crippen LogP contribution in [-0.4, -0.2) is 42.2 Å². The summed E-state index contributed by atoms with van der Waals surface area (Å²) in [6, 6.07) is 22.1. The van der Waals surface area contributed by atoms with Gasteiger partial charge in [0, 0.05) is 16.8 Å². The molecular formula is C31H28Cl2N8O2. The molecule has 1 saturated carbocycles. The van der Waals surface area contributed by atoms with Gasteiger partial charge < -0.3 is 5.32 Å². The molecule has 3 N–H and O–H groups in total. The Kier molecular flexibility index (Phi) is 8.48. The zero-order valence-electron chi connectivity index (χ0n) is 23.1. The van der Waals surface area contributed by atoms with Gasteiger partial charge in [-0.1, -0.05) is 77.9 Å². The van der Waals surface area contributed by atoms with Crippen LogP contribution in [0.3, 0.4) is 0 Å². The molecule has 0 saturated heterocycles. The standard InChI is InChI=1S/C31H28Cl2N8O2/c32-25-15-12-23(16-26(25)33)27-17-28(30(43)34-24-13-10-21(11-14-24)20-4-2-1-3-5-20)41(38-27)18-19-6-8-22(9-7-19)29(42)35-31-36-39-40-37-31/h6-17,20H,1-5,18H2,(H,34,43)(H2,35,36,37,39,40,42). The van der Waals surface area contributed by atoms with E-state index in [1.807, 2.05) is 18.2 Å². The topological polar surface area (TPSA) is 130 Å². The Bertz CT molecular complexity index is 1730. The lowest BCUT2D eigenvalue weighted by Crippen LogP contribution is -2.18. The largest absolute Gasteiger partial charge is 0.321 e. The molecule has 2 aromatic heterocycles. The van der Waals surface area contributed by atoms with Gasteiger partial charge in [-0.3, -0.25) is 19.6 Å². The second-order valence-corrected chi connectivity index (χ2v) is 11.3. The average molecular weight is 616 g/mol. The van der Waals surface area contributed by atoms with Crippen LogP contribution >= 0.6 is 23.2 Å². The van der Waals surface area contributed by atoms with E-state index in [4.69, 9.17) is 28.3 Å². The predicted molar refractivity (Wildman–Crippen MR) is 166 cm³/mol. The summed E-state index contributed by atoms with van der Waals surface area (Å²) in [6.45, 7) is 0.289. The molecular weight excluding hydrogens is 587 g/mol. The lowest BCUT2D eigenvalue weighted by atomic mass is 9.84. The molecule has 5 aromatic rings. The van der Waals surface area contributed by atoms with Crippen LogP contribution in [0.5, 0.6) is 0 Å². The van der Waals surface area contributed by atoms with Crippen molar-refractivity contribution in [3.8, 4) is 11.3 Å². The van der Waals surface area contributed by atoms with Gasteiger partial charge in [0.15, 0.2) is 0 Å². The summed E-state index contributed by atoms with van der Waals surface area (Å²) in [5.41, 5.74) is 4.96. The first-order valence-corrected chi connectivity index (χ1v) is 14.8. The van der Waals surface area contributed by atoms with Gasteiger partial charge in [0.1, 0.15) is 5.69 Å². The van der Waals surface area contributed by atoms with Crippen molar-refractivity contribution in [2.24, 2.45) is 0 Å². The van der Waals surface area contributed by atoms with Gasteiger partial charge in [0.2, 0.25) is 0 Å². The molecule has 218 valence electrons. The van der Waals surface area contributed by atoms with Crippen molar-refractivity contribution >= 4 is 46.7 Å². The van der Waals surface area contributed by atoms with Crippen LogP contribution in [0.25, 0.3) is 11.3 Å². The Morgan fingerprint density at radius 1 is 0.860 bits per heavy atom. The lowest BCUT2D eigenvalue weighted by Gasteiger charge is -2.22. The zero-order chi connectivity index (χ0) is 29.8. The number of aromatic nitrogens is 6. The van der Waals surface area contributed by atoms with Crippen LogP contribution in [0.2, 0.25) is 10.0 Å². The Balaban J connectivity index is 1.23. The van der Waals surface area contributed by atoms with Crippen LogP contribution in [0.4, 0.5) is 11.6 Å². The zero-order valence-corrected chi connectivity index (χ0v) is 24.6. The summed E-state index contributed by atoms with van der Waals surface area (Å²) in [7, 11) is 0. The number of aromatic amines is 1. The number of carbonyl (C=O) groups is 2. The number of hydrogen-bond donors (Lipinski definition) is 3. The third kappa shape index (κ3) is 6.76. The minimum Gasteiger partial charge on any atom is -0.321 e. The third-order valence-corrected chi connectivity index (χ3v) is 8.33. The average Bonchev–Trinajstić information content (AvgIpc) is 3.70. The number of nitrogens with one attached hydrogen (secondary N) is 3. The molecule has 12 heteroatoms. The molecule has 0 atom stereocenters. The summed E-state index contributed by atoms with van der Waals surface area (Å²) < 4.78 is 1.64. The van der Waals surface area contributed by atoms with E-state index >= 15 is 0 Å². The van der Waals surface area contributed by atoms with Gasteiger partial charge in [-0.2, -0.15) is 10.3 Å². The van der Waals surface area contributed by atoms with Crippen LogP contribution in [0.15, 0.2) is 72.8 Å². The van der Waals surface area contributed by atoms with E-state index in [1.165, 1.54) is 37.7 Å². The molecule has 0 aliphatic heterocycles. The molecule has 0 bridgehead atoms. The van der Waals surface area contributed by atoms with Gasteiger partial charge in [-0.15, -0.1) is 5.10 Å². The maximum absolute atomic E-state index is 13.6. The molecule has 0 radical (unpaired) electrons. The number of nitrogens with zero attached hydrogens (tertiary/aromatic N) is 5. The second kappa shape index (κ2) is 12.8. The van der Waals surface area contributed by atoms with E-state index < -0.39 is 0 Å². The van der Waals surface area contributed by atoms with Crippen molar-refractivity contribution in [1.29, 1.82) is 0 Å². The predicted octanol–water partition coefficient (Wildman–Crippen LogP) is 6.97. The summed E-state index contributed by atoms with van der Waals surface area (Å²) >= 11 is 12.4. The van der Waals surface area contributed by atoms with Crippen molar-refractivity contribution < 1.29 is 9.59 Å². The first-order chi connectivity index (χ1) is 20.9. The van der Waals surface area contributed by atoms with Gasteiger partial charge in [0.25, 0.3) is 17.8 Å². The van der Waals surface area contributed by atoms with Crippen LogP contribution < -0.4 is 10.6 Å². The van der Waals surface area contributed by atoms with Crippen LogP contribution in [0.1, 0.15) is 70.0 Å². The highest BCUT2D eigenvalue weighted by atomic mass is 35.5. The Morgan fingerprint density at radius 3 is 2.33 bits per heavy atom. The van der Waals surface area contributed by atoms with E-state index in [2.05, 4.69) is 43.4 Å². The molecule has 0 unspecified atom stereocenters. The minimum absolute atomic E-state index is 0.0831. The molecule has 2 heterocycles. The van der Waals surface area contributed by atoms with E-state index in [0.717, 1.165) is 11.1 Å². The fourth-order valence-corrected chi connectivity index (χ4v) is 5.61. The summed E-state index contributed by atoms with van der Waals surface area (Å²) in [4.78, 5) is 26.1. The Labute approximate surface area is 257 Å². The van der Waals surface area contributed by atoms with E-state index in [1.54, 1.807) is 47.1 Å². The molecule has 43 heavy (non-hydrogen) atoms. The highest BCUT2D eigenvalue weighted by molar-refractivity contribution is 6.42. The molecule has 0 spiro atoms. The molecule has 1 fully saturated rings. The monoisotopic (exact) mass is 614 g/mol. The molecule has 10 nitrogen and oxygen atoms in total. The SMILES string of the molecule is O=C(Nc1nn[nH]n1)c1ccc(Cn2nc(-c3ccc(Cl)c(Cl)c3)cc2C(=O)Nc2ccc(C3CCCCC3)cc2)cc1. The summed E-state index contributed by atoms with van der Waals surface area (Å²) in [6.07, 6.45) is 6.28. The molecule has 6 rings (SSSR count). The van der Waals surface area contributed by atoms with Gasteiger partial charge >= 0.3 is 0 Å². The van der Waals surface area contributed by atoms with Crippen molar-refractivity contribution in [3.05, 3.63) is 105 Å². The highest BCUT2D eigenvalue weighted by Crippen LogP contribution is 2.33. The number of hydrogen-bond acceptors (Lipinski definition) is 6. The summed E-state index contributed by atoms with van der Waals surface area (Å²) in [5, 5.41) is 24.3. The number of amides is 2. The lowest BCUT2D eigenvalue weighted by molar-refractivity contribution is 0.101. The summed E-state index contributed by atoms with van der Waals surface area (Å²) in [5.74, 6) is 0.00808. The number of benzene rings is 3. The van der Waals surface area contributed by atoms with Gasteiger partial charge in [0.05, 0.1) is 22.3 Å². The second-order valence-electron chi connectivity index (χ2n) is 10.5. The van der Waals surface area contributed by atoms with Crippen molar-refractivity contribution in [1.82, 2.24) is 30.4 Å².